The van der Waals surface area contributed by atoms with Gasteiger partial charge >= 0.3 is 0 Å². The molecule has 37 heavy (non-hydrogen) atoms. The molecule has 1 atom stereocenters. The van der Waals surface area contributed by atoms with E-state index in [1.54, 1.807) is 0 Å². The standard InChI is InChI=1S/C31H66FN2O2S/c1-5-6-7-8-9-10-11-12-13-14-15-16-17-19-22-26-31(27-23-20-18-21-24-28-32)37(35,36)33-29-25-30-34(2,3)4/h31,33H,5-30H2,1-4H3/q+1. The smallest absolute Gasteiger partial charge is 0.214 e. The molecule has 0 saturated carbocycles. The monoisotopic (exact) mass is 549 g/mol. The molecule has 4 nitrogen and oxygen atoms in total. The van der Waals surface area contributed by atoms with Gasteiger partial charge in [0.1, 0.15) is 0 Å². The number of hydrogen-bond acceptors (Lipinski definition) is 2. The van der Waals surface area contributed by atoms with E-state index in [9.17, 15) is 12.8 Å². The fourth-order valence-electron chi connectivity index (χ4n) is 5.08. The van der Waals surface area contributed by atoms with Crippen LogP contribution in [0.2, 0.25) is 0 Å². The van der Waals surface area contributed by atoms with E-state index in [4.69, 9.17) is 0 Å². The quantitative estimate of drug-likeness (QED) is 0.0747. The molecule has 224 valence electrons. The highest BCUT2D eigenvalue weighted by Crippen LogP contribution is 2.20. The zero-order valence-corrected chi connectivity index (χ0v) is 26.3. The average Bonchev–Trinajstić information content (AvgIpc) is 2.84. The van der Waals surface area contributed by atoms with Crippen LogP contribution in [0.4, 0.5) is 4.39 Å². The normalized spacial score (nSPS) is 13.3. The van der Waals surface area contributed by atoms with E-state index >= 15 is 0 Å². The lowest BCUT2D eigenvalue weighted by atomic mass is 10.0. The SMILES string of the molecule is CCCCCCCCCCCCCCCCCC(CCCCCCCF)S(=O)(=O)NCCC[N+](C)(C)C. The van der Waals surface area contributed by atoms with Crippen molar-refractivity contribution in [2.45, 2.75) is 160 Å². The Morgan fingerprint density at radius 1 is 0.595 bits per heavy atom. The molecule has 0 radical (unpaired) electrons. The number of hydrogen-bond donors (Lipinski definition) is 1. The molecule has 0 aromatic carbocycles. The van der Waals surface area contributed by atoms with Gasteiger partial charge in [-0.3, -0.25) is 4.39 Å². The number of alkyl halides is 1. The van der Waals surface area contributed by atoms with Crippen molar-refractivity contribution in [1.29, 1.82) is 0 Å². The fraction of sp³-hybridized carbons (Fsp3) is 1.00. The summed E-state index contributed by atoms with van der Waals surface area (Å²) >= 11 is 0. The molecule has 0 bridgehead atoms. The summed E-state index contributed by atoms with van der Waals surface area (Å²) in [6.45, 7) is 3.52. The van der Waals surface area contributed by atoms with E-state index in [0.717, 1.165) is 68.8 Å². The minimum absolute atomic E-state index is 0.243. The molecule has 6 heteroatoms. The minimum Gasteiger partial charge on any atom is -0.331 e. The number of nitrogens with zero attached hydrogens (tertiary/aromatic N) is 1. The van der Waals surface area contributed by atoms with Crippen molar-refractivity contribution in [3.8, 4) is 0 Å². The van der Waals surface area contributed by atoms with Crippen LogP contribution in [-0.2, 0) is 10.0 Å². The summed E-state index contributed by atoms with van der Waals surface area (Å²) in [5.74, 6) is 0. The highest BCUT2D eigenvalue weighted by Gasteiger charge is 2.24. The second-order valence-corrected chi connectivity index (χ2v) is 14.5. The summed E-state index contributed by atoms with van der Waals surface area (Å²) in [6, 6.07) is 0. The van der Waals surface area contributed by atoms with E-state index < -0.39 is 10.0 Å². The number of halogens is 1. The van der Waals surface area contributed by atoms with E-state index in [2.05, 4.69) is 32.8 Å². The summed E-state index contributed by atoms with van der Waals surface area (Å²) in [5.41, 5.74) is 0. The number of quaternary nitrogens is 1. The van der Waals surface area contributed by atoms with Gasteiger partial charge in [-0.2, -0.15) is 0 Å². The van der Waals surface area contributed by atoms with Gasteiger partial charge in [-0.05, 0) is 19.3 Å². The van der Waals surface area contributed by atoms with Crippen LogP contribution in [0.1, 0.15) is 155 Å². The molecule has 0 spiro atoms. The Morgan fingerprint density at radius 3 is 1.35 bits per heavy atom. The van der Waals surface area contributed by atoms with Gasteiger partial charge in [-0.25, -0.2) is 13.1 Å². The molecule has 1 N–H and O–H groups in total. The predicted octanol–water partition coefficient (Wildman–Crippen LogP) is 8.94. The second-order valence-electron chi connectivity index (χ2n) is 12.4. The Labute approximate surface area is 232 Å². The molecule has 0 aliphatic heterocycles. The molecule has 0 heterocycles. The maximum atomic E-state index is 13.0. The molecular formula is C31H66FN2O2S+. The number of rotatable bonds is 29. The lowest BCUT2D eigenvalue weighted by molar-refractivity contribution is -0.870. The molecule has 0 aliphatic rings. The molecule has 0 aromatic heterocycles. The third kappa shape index (κ3) is 25.8. The van der Waals surface area contributed by atoms with Gasteiger partial charge < -0.3 is 4.48 Å². The molecule has 0 aromatic rings. The van der Waals surface area contributed by atoms with Crippen molar-refractivity contribution < 1.29 is 17.3 Å². The van der Waals surface area contributed by atoms with Crippen LogP contribution in [0.5, 0.6) is 0 Å². The third-order valence-corrected chi connectivity index (χ3v) is 9.49. The number of unbranched alkanes of at least 4 members (excludes halogenated alkanes) is 18. The van der Waals surface area contributed by atoms with Crippen molar-refractivity contribution in [1.82, 2.24) is 4.72 Å². The zero-order valence-electron chi connectivity index (χ0n) is 25.5. The predicted molar refractivity (Wildman–Crippen MR) is 161 cm³/mol. The summed E-state index contributed by atoms with van der Waals surface area (Å²) < 4.78 is 42.1. The van der Waals surface area contributed by atoms with Gasteiger partial charge in [0.05, 0.1) is 39.6 Å². The van der Waals surface area contributed by atoms with Crippen molar-refractivity contribution >= 4 is 10.0 Å². The Kier molecular flexibility index (Phi) is 24.7. The Balaban J connectivity index is 4.08. The Hall–Kier alpha value is -0.200. The van der Waals surface area contributed by atoms with Crippen LogP contribution in [0.25, 0.3) is 0 Å². The fourth-order valence-corrected chi connectivity index (χ4v) is 6.70. The molecule has 0 amide bonds. The molecular weight excluding hydrogens is 483 g/mol. The molecule has 0 saturated heterocycles. The first-order valence-electron chi connectivity index (χ1n) is 16.1. The summed E-state index contributed by atoms with van der Waals surface area (Å²) in [7, 11) is 3.13. The maximum Gasteiger partial charge on any atom is 0.214 e. The topological polar surface area (TPSA) is 46.2 Å². The third-order valence-electron chi connectivity index (χ3n) is 7.54. The molecule has 0 fully saturated rings. The van der Waals surface area contributed by atoms with E-state index in [1.165, 1.54) is 83.5 Å². The van der Waals surface area contributed by atoms with Gasteiger partial charge in [0.15, 0.2) is 0 Å². The van der Waals surface area contributed by atoms with Crippen LogP contribution >= 0.6 is 0 Å². The highest BCUT2D eigenvalue weighted by atomic mass is 32.2. The highest BCUT2D eigenvalue weighted by molar-refractivity contribution is 7.90. The first-order valence-corrected chi connectivity index (χ1v) is 17.6. The Bertz CT molecular complexity index is 578. The maximum absolute atomic E-state index is 13.0. The van der Waals surface area contributed by atoms with Crippen LogP contribution in [0.15, 0.2) is 0 Å². The van der Waals surface area contributed by atoms with Crippen molar-refractivity contribution in [2.75, 3.05) is 40.9 Å². The van der Waals surface area contributed by atoms with Gasteiger partial charge in [-0.1, -0.05) is 129 Å². The van der Waals surface area contributed by atoms with Crippen LogP contribution in [0.3, 0.4) is 0 Å². The lowest BCUT2D eigenvalue weighted by Crippen LogP contribution is -2.39. The summed E-state index contributed by atoms with van der Waals surface area (Å²) in [5, 5.41) is -0.278. The Morgan fingerprint density at radius 2 is 0.973 bits per heavy atom. The first-order chi connectivity index (χ1) is 17.7. The van der Waals surface area contributed by atoms with Crippen LogP contribution in [0, 0.1) is 0 Å². The van der Waals surface area contributed by atoms with Gasteiger partial charge in [-0.15, -0.1) is 0 Å². The van der Waals surface area contributed by atoms with E-state index in [-0.39, 0.29) is 11.9 Å². The minimum atomic E-state index is -3.27. The largest absolute Gasteiger partial charge is 0.331 e. The van der Waals surface area contributed by atoms with Crippen LogP contribution < -0.4 is 4.72 Å². The van der Waals surface area contributed by atoms with Gasteiger partial charge in [0.25, 0.3) is 0 Å². The number of sulfonamides is 1. The van der Waals surface area contributed by atoms with E-state index in [1.807, 2.05) is 0 Å². The van der Waals surface area contributed by atoms with E-state index in [0.29, 0.717) is 13.0 Å². The van der Waals surface area contributed by atoms with Gasteiger partial charge in [0.2, 0.25) is 10.0 Å². The molecule has 1 unspecified atom stereocenters. The van der Waals surface area contributed by atoms with Crippen molar-refractivity contribution in [2.24, 2.45) is 0 Å². The average molecular weight is 550 g/mol. The molecule has 0 aliphatic carbocycles. The van der Waals surface area contributed by atoms with Crippen molar-refractivity contribution in [3.05, 3.63) is 0 Å². The van der Waals surface area contributed by atoms with Gasteiger partial charge in [0, 0.05) is 13.0 Å². The summed E-state index contributed by atoms with van der Waals surface area (Å²) in [4.78, 5) is 0. The number of nitrogens with one attached hydrogen (secondary N) is 1. The lowest BCUT2D eigenvalue weighted by Gasteiger charge is -2.24. The molecule has 0 rings (SSSR count). The van der Waals surface area contributed by atoms with Crippen LogP contribution in [-0.4, -0.2) is 59.1 Å². The second kappa shape index (κ2) is 24.8. The summed E-state index contributed by atoms with van der Waals surface area (Å²) in [6.07, 6.45) is 26.7. The van der Waals surface area contributed by atoms with Crippen molar-refractivity contribution in [3.63, 3.8) is 0 Å². The zero-order chi connectivity index (χ0) is 27.7. The first kappa shape index (κ1) is 36.8.